The quantitative estimate of drug-likeness (QED) is 0.601. The van der Waals surface area contributed by atoms with Crippen LogP contribution in [0.15, 0.2) is 32.0 Å². The number of fused-ring (bicyclic) bond motifs is 1. The molecule has 0 atom stereocenters. The summed E-state index contributed by atoms with van der Waals surface area (Å²) in [7, 11) is 1.24. The number of ether oxygens (including phenoxy) is 1. The van der Waals surface area contributed by atoms with Crippen LogP contribution in [0.25, 0.3) is 10.9 Å². The Labute approximate surface area is 154 Å². The normalized spacial score (nSPS) is 14.0. The van der Waals surface area contributed by atoms with E-state index in [1.165, 1.54) is 19.2 Å². The number of carbonyl (C=O) groups excluding carboxylic acids is 1. The Morgan fingerprint density at radius 1 is 1.46 bits per heavy atom. The third-order valence-corrected chi connectivity index (χ3v) is 4.86. The van der Waals surface area contributed by atoms with E-state index in [4.69, 9.17) is 9.26 Å². The van der Waals surface area contributed by atoms with Crippen LogP contribution in [-0.4, -0.2) is 28.0 Å². The molecule has 2 aromatic heterocycles. The second kappa shape index (κ2) is 6.31. The Balaban J connectivity index is 1.87. The molecular weight excluding hydrogens is 409 g/mol. The first-order chi connectivity index (χ1) is 12.5. The molecule has 0 aliphatic heterocycles. The fourth-order valence-corrected chi connectivity index (χ4v) is 3.22. The van der Waals surface area contributed by atoms with Crippen molar-refractivity contribution in [3.05, 3.63) is 55.9 Å². The number of hydrogen-bond donors (Lipinski definition) is 0. The van der Waals surface area contributed by atoms with Crippen molar-refractivity contribution in [1.82, 2.24) is 14.9 Å². The minimum Gasteiger partial charge on any atom is -0.464 e. The van der Waals surface area contributed by atoms with E-state index in [1.54, 1.807) is 6.07 Å². The minimum atomic E-state index is -0.672. The lowest BCUT2D eigenvalue weighted by atomic mass is 10.1. The van der Waals surface area contributed by atoms with Crippen LogP contribution in [0.2, 0.25) is 0 Å². The molecule has 0 unspecified atom stereocenters. The van der Waals surface area contributed by atoms with Gasteiger partial charge in [-0.3, -0.25) is 4.79 Å². The SMILES string of the molecule is COC(=O)c1nn(Cc2ccc(F)c(Br)c2)c(=O)c2noc(C3CC3)c12. The zero-order chi connectivity index (χ0) is 18.4. The van der Waals surface area contributed by atoms with Crippen LogP contribution in [0.5, 0.6) is 0 Å². The molecule has 1 aliphatic carbocycles. The number of aromatic nitrogens is 3. The first-order valence-electron chi connectivity index (χ1n) is 7.92. The molecule has 3 aromatic rings. The molecule has 26 heavy (non-hydrogen) atoms. The maximum absolute atomic E-state index is 13.4. The number of rotatable bonds is 4. The number of esters is 1. The number of nitrogens with zero attached hydrogens (tertiary/aromatic N) is 3. The van der Waals surface area contributed by atoms with Crippen LogP contribution >= 0.6 is 15.9 Å². The highest BCUT2D eigenvalue weighted by atomic mass is 79.9. The molecule has 0 amide bonds. The zero-order valence-corrected chi connectivity index (χ0v) is 15.2. The maximum Gasteiger partial charge on any atom is 0.359 e. The Hall–Kier alpha value is -2.55. The van der Waals surface area contributed by atoms with Crippen LogP contribution in [0.4, 0.5) is 4.39 Å². The second-order valence-electron chi connectivity index (χ2n) is 6.10. The first-order valence-corrected chi connectivity index (χ1v) is 8.71. The highest BCUT2D eigenvalue weighted by molar-refractivity contribution is 9.10. The van der Waals surface area contributed by atoms with Crippen LogP contribution in [-0.2, 0) is 11.3 Å². The molecule has 0 radical (unpaired) electrons. The van der Waals surface area contributed by atoms with Crippen molar-refractivity contribution in [2.24, 2.45) is 0 Å². The number of halogens is 2. The molecule has 134 valence electrons. The predicted octanol–water partition coefficient (Wildman–Crippen LogP) is 3.00. The Kier molecular flexibility index (Phi) is 4.10. The van der Waals surface area contributed by atoms with Crippen molar-refractivity contribution in [3.8, 4) is 0 Å². The molecule has 1 aromatic carbocycles. The lowest BCUT2D eigenvalue weighted by Crippen LogP contribution is -2.27. The van der Waals surface area contributed by atoms with Gasteiger partial charge in [-0.25, -0.2) is 13.9 Å². The molecule has 0 saturated heterocycles. The fourth-order valence-electron chi connectivity index (χ4n) is 2.80. The van der Waals surface area contributed by atoms with Crippen molar-refractivity contribution >= 4 is 32.8 Å². The summed E-state index contributed by atoms with van der Waals surface area (Å²) in [5.74, 6) is -0.436. The Morgan fingerprint density at radius 2 is 2.23 bits per heavy atom. The van der Waals surface area contributed by atoms with Crippen molar-refractivity contribution < 1.29 is 18.4 Å². The Morgan fingerprint density at radius 3 is 2.88 bits per heavy atom. The average Bonchev–Trinajstić information content (AvgIpc) is 3.38. The molecule has 9 heteroatoms. The van der Waals surface area contributed by atoms with Gasteiger partial charge in [0, 0.05) is 5.92 Å². The van der Waals surface area contributed by atoms with E-state index in [-0.39, 0.29) is 28.1 Å². The fraction of sp³-hybridized carbons (Fsp3) is 0.294. The van der Waals surface area contributed by atoms with Gasteiger partial charge in [-0.05, 0) is 46.5 Å². The predicted molar refractivity (Wildman–Crippen MR) is 92.6 cm³/mol. The molecular formula is C17H13BrFN3O4. The standard InChI is InChI=1S/C17H13BrFN3O4/c1-25-17(24)14-12-13(21-26-15(12)9-3-4-9)16(23)22(20-14)7-8-2-5-11(19)10(18)6-8/h2,5-6,9H,3-4,7H2,1H3. The molecule has 2 heterocycles. The summed E-state index contributed by atoms with van der Waals surface area (Å²) < 4.78 is 24.9. The smallest absolute Gasteiger partial charge is 0.359 e. The highest BCUT2D eigenvalue weighted by Gasteiger charge is 2.34. The van der Waals surface area contributed by atoms with Gasteiger partial charge in [-0.1, -0.05) is 11.2 Å². The summed E-state index contributed by atoms with van der Waals surface area (Å²) in [6, 6.07) is 4.37. The number of hydrogen-bond acceptors (Lipinski definition) is 6. The van der Waals surface area contributed by atoms with E-state index >= 15 is 0 Å². The number of methoxy groups -OCH3 is 1. The summed E-state index contributed by atoms with van der Waals surface area (Å²) >= 11 is 3.11. The van der Waals surface area contributed by atoms with Crippen LogP contribution in [0.3, 0.4) is 0 Å². The summed E-state index contributed by atoms with van der Waals surface area (Å²) in [6.45, 7) is 0.0449. The van der Waals surface area contributed by atoms with E-state index in [2.05, 4.69) is 26.2 Å². The second-order valence-corrected chi connectivity index (χ2v) is 6.95. The third kappa shape index (κ3) is 2.82. The lowest BCUT2D eigenvalue weighted by molar-refractivity contribution is 0.0593. The van der Waals surface area contributed by atoms with Crippen molar-refractivity contribution in [1.29, 1.82) is 0 Å². The van der Waals surface area contributed by atoms with Gasteiger partial charge >= 0.3 is 5.97 Å². The molecule has 7 nitrogen and oxygen atoms in total. The van der Waals surface area contributed by atoms with E-state index in [1.807, 2.05) is 0 Å². The van der Waals surface area contributed by atoms with E-state index in [0.717, 1.165) is 17.5 Å². The van der Waals surface area contributed by atoms with Gasteiger partial charge in [0.2, 0.25) is 0 Å². The van der Waals surface area contributed by atoms with Crippen LogP contribution in [0, 0.1) is 5.82 Å². The largest absolute Gasteiger partial charge is 0.464 e. The third-order valence-electron chi connectivity index (χ3n) is 4.26. The van der Waals surface area contributed by atoms with Gasteiger partial charge in [0.05, 0.1) is 23.5 Å². The van der Waals surface area contributed by atoms with Crippen molar-refractivity contribution in [2.45, 2.75) is 25.3 Å². The minimum absolute atomic E-state index is 0.00794. The lowest BCUT2D eigenvalue weighted by Gasteiger charge is -2.08. The molecule has 0 N–H and O–H groups in total. The van der Waals surface area contributed by atoms with Gasteiger partial charge < -0.3 is 9.26 Å². The summed E-state index contributed by atoms with van der Waals surface area (Å²) in [4.78, 5) is 25.0. The molecule has 1 aliphatic rings. The van der Waals surface area contributed by atoms with Gasteiger partial charge in [0.15, 0.2) is 11.2 Å². The number of benzene rings is 1. The molecule has 1 fully saturated rings. The first kappa shape index (κ1) is 16.9. The van der Waals surface area contributed by atoms with Gasteiger partial charge in [-0.15, -0.1) is 0 Å². The van der Waals surface area contributed by atoms with Gasteiger partial charge in [0.1, 0.15) is 11.6 Å². The van der Waals surface area contributed by atoms with E-state index in [0.29, 0.717) is 16.7 Å². The summed E-state index contributed by atoms with van der Waals surface area (Å²) in [5, 5.41) is 8.37. The van der Waals surface area contributed by atoms with Crippen LogP contribution in [0.1, 0.15) is 40.6 Å². The Bertz CT molecular complexity index is 1090. The summed E-state index contributed by atoms with van der Waals surface area (Å²) in [6.07, 6.45) is 1.83. The zero-order valence-electron chi connectivity index (χ0n) is 13.7. The average molecular weight is 422 g/mol. The van der Waals surface area contributed by atoms with Gasteiger partial charge in [-0.2, -0.15) is 5.10 Å². The maximum atomic E-state index is 13.4. The van der Waals surface area contributed by atoms with Crippen LogP contribution < -0.4 is 5.56 Å². The van der Waals surface area contributed by atoms with Crippen molar-refractivity contribution in [3.63, 3.8) is 0 Å². The molecule has 4 rings (SSSR count). The summed E-state index contributed by atoms with van der Waals surface area (Å²) in [5.41, 5.74) is 0.188. The molecule has 0 bridgehead atoms. The van der Waals surface area contributed by atoms with E-state index in [9.17, 15) is 14.0 Å². The topological polar surface area (TPSA) is 87.2 Å². The van der Waals surface area contributed by atoms with Gasteiger partial charge in [0.25, 0.3) is 5.56 Å². The monoisotopic (exact) mass is 421 g/mol. The molecule has 1 saturated carbocycles. The highest BCUT2D eigenvalue weighted by Crippen LogP contribution is 2.43. The van der Waals surface area contributed by atoms with Crippen molar-refractivity contribution in [2.75, 3.05) is 7.11 Å². The molecule has 0 spiro atoms. The van der Waals surface area contributed by atoms with E-state index < -0.39 is 17.3 Å². The number of carbonyl (C=O) groups is 1.